The predicted molar refractivity (Wildman–Crippen MR) is 111 cm³/mol. The van der Waals surface area contributed by atoms with Gasteiger partial charge in [-0.05, 0) is 29.8 Å². The topological polar surface area (TPSA) is 53.5 Å². The SMILES string of the molecule is COc1cc2c(Oc3ccc(Br)cc3F)ncnc2cc1OCc1ccccc1. The third-order valence-corrected chi connectivity index (χ3v) is 4.72. The predicted octanol–water partition coefficient (Wildman–Crippen LogP) is 5.91. The van der Waals surface area contributed by atoms with Crippen LogP contribution in [0, 0.1) is 5.82 Å². The third kappa shape index (κ3) is 4.30. The quantitative estimate of drug-likeness (QED) is 0.362. The first-order chi connectivity index (χ1) is 14.1. The van der Waals surface area contributed by atoms with E-state index < -0.39 is 5.82 Å². The summed E-state index contributed by atoms with van der Waals surface area (Å²) in [4.78, 5) is 8.44. The van der Waals surface area contributed by atoms with E-state index in [-0.39, 0.29) is 11.6 Å². The summed E-state index contributed by atoms with van der Waals surface area (Å²) < 4.78 is 31.9. The van der Waals surface area contributed by atoms with Crippen molar-refractivity contribution in [3.05, 3.63) is 82.8 Å². The standard InChI is InChI=1S/C22H16BrFN2O3/c1-27-20-10-16-18(11-21(20)28-12-14-5-3-2-4-6-14)25-13-26-22(16)29-19-8-7-15(23)9-17(19)24/h2-11,13H,12H2,1H3. The van der Waals surface area contributed by atoms with E-state index in [2.05, 4.69) is 25.9 Å². The van der Waals surface area contributed by atoms with Crippen molar-refractivity contribution in [1.82, 2.24) is 9.97 Å². The molecule has 0 aliphatic carbocycles. The van der Waals surface area contributed by atoms with Gasteiger partial charge in [-0.25, -0.2) is 14.4 Å². The summed E-state index contributed by atoms with van der Waals surface area (Å²) in [6.45, 7) is 0.390. The molecule has 0 atom stereocenters. The van der Waals surface area contributed by atoms with Gasteiger partial charge in [-0.3, -0.25) is 0 Å². The number of halogens is 2. The molecule has 4 aromatic rings. The van der Waals surface area contributed by atoms with E-state index in [1.165, 1.54) is 18.5 Å². The van der Waals surface area contributed by atoms with Crippen molar-refractivity contribution < 1.29 is 18.6 Å². The van der Waals surface area contributed by atoms with Gasteiger partial charge in [-0.1, -0.05) is 46.3 Å². The Morgan fingerprint density at radius 1 is 0.931 bits per heavy atom. The van der Waals surface area contributed by atoms with Gasteiger partial charge in [-0.15, -0.1) is 0 Å². The molecule has 0 aliphatic rings. The monoisotopic (exact) mass is 454 g/mol. The highest BCUT2D eigenvalue weighted by atomic mass is 79.9. The van der Waals surface area contributed by atoms with Gasteiger partial charge in [0.1, 0.15) is 12.9 Å². The van der Waals surface area contributed by atoms with Crippen molar-refractivity contribution in [1.29, 1.82) is 0 Å². The maximum Gasteiger partial charge on any atom is 0.230 e. The van der Waals surface area contributed by atoms with Crippen LogP contribution in [0.2, 0.25) is 0 Å². The van der Waals surface area contributed by atoms with Crippen LogP contribution in [-0.4, -0.2) is 17.1 Å². The van der Waals surface area contributed by atoms with E-state index in [0.29, 0.717) is 33.5 Å². The molecule has 0 spiro atoms. The number of nitrogens with zero attached hydrogens (tertiary/aromatic N) is 2. The van der Waals surface area contributed by atoms with Crippen LogP contribution in [0.25, 0.3) is 10.9 Å². The number of methoxy groups -OCH3 is 1. The molecule has 0 amide bonds. The molecule has 1 heterocycles. The highest BCUT2D eigenvalue weighted by molar-refractivity contribution is 9.10. The maximum absolute atomic E-state index is 14.2. The summed E-state index contributed by atoms with van der Waals surface area (Å²) in [6.07, 6.45) is 1.36. The molecule has 4 rings (SSSR count). The molecule has 0 unspecified atom stereocenters. The molecular formula is C22H16BrFN2O3. The lowest BCUT2D eigenvalue weighted by molar-refractivity contribution is 0.285. The van der Waals surface area contributed by atoms with E-state index in [4.69, 9.17) is 14.2 Å². The van der Waals surface area contributed by atoms with Crippen molar-refractivity contribution in [3.8, 4) is 23.1 Å². The van der Waals surface area contributed by atoms with Crippen LogP contribution in [0.1, 0.15) is 5.56 Å². The summed E-state index contributed by atoms with van der Waals surface area (Å²) in [6, 6.07) is 17.8. The fourth-order valence-electron chi connectivity index (χ4n) is 2.79. The van der Waals surface area contributed by atoms with Gasteiger partial charge in [0, 0.05) is 10.5 Å². The molecule has 3 aromatic carbocycles. The smallest absolute Gasteiger partial charge is 0.230 e. The fourth-order valence-corrected chi connectivity index (χ4v) is 3.12. The van der Waals surface area contributed by atoms with E-state index >= 15 is 0 Å². The molecule has 0 saturated carbocycles. The fraction of sp³-hybridized carbons (Fsp3) is 0.0909. The molecule has 29 heavy (non-hydrogen) atoms. The van der Waals surface area contributed by atoms with Crippen molar-refractivity contribution in [2.75, 3.05) is 7.11 Å². The Balaban J connectivity index is 1.67. The van der Waals surface area contributed by atoms with Gasteiger partial charge >= 0.3 is 0 Å². The lowest BCUT2D eigenvalue weighted by Crippen LogP contribution is -1.99. The van der Waals surface area contributed by atoms with E-state index in [1.807, 2.05) is 30.3 Å². The zero-order valence-corrected chi connectivity index (χ0v) is 17.0. The number of aromatic nitrogens is 2. The largest absolute Gasteiger partial charge is 0.493 e. The molecular weight excluding hydrogens is 439 g/mol. The van der Waals surface area contributed by atoms with Crippen molar-refractivity contribution >= 4 is 26.8 Å². The van der Waals surface area contributed by atoms with Crippen LogP contribution < -0.4 is 14.2 Å². The van der Waals surface area contributed by atoms with E-state index in [1.54, 1.807) is 25.3 Å². The lowest BCUT2D eigenvalue weighted by Gasteiger charge is -2.13. The van der Waals surface area contributed by atoms with Crippen LogP contribution >= 0.6 is 15.9 Å². The molecule has 1 aromatic heterocycles. The number of hydrogen-bond donors (Lipinski definition) is 0. The summed E-state index contributed by atoms with van der Waals surface area (Å²) >= 11 is 3.23. The number of hydrogen-bond acceptors (Lipinski definition) is 5. The van der Waals surface area contributed by atoms with Crippen LogP contribution in [0.5, 0.6) is 23.1 Å². The molecule has 0 bridgehead atoms. The summed E-state index contributed by atoms with van der Waals surface area (Å²) in [5.41, 5.74) is 1.63. The van der Waals surface area contributed by atoms with Crippen LogP contribution in [0.3, 0.4) is 0 Å². The van der Waals surface area contributed by atoms with Crippen LogP contribution in [0.15, 0.2) is 71.5 Å². The Morgan fingerprint density at radius 2 is 1.76 bits per heavy atom. The summed E-state index contributed by atoms with van der Waals surface area (Å²) in [5, 5.41) is 0.582. The molecule has 0 aliphatic heterocycles. The third-order valence-electron chi connectivity index (χ3n) is 4.22. The molecule has 7 heteroatoms. The molecule has 146 valence electrons. The van der Waals surface area contributed by atoms with Crippen LogP contribution in [0.4, 0.5) is 4.39 Å². The Morgan fingerprint density at radius 3 is 2.52 bits per heavy atom. The van der Waals surface area contributed by atoms with Gasteiger partial charge in [0.2, 0.25) is 5.88 Å². The lowest BCUT2D eigenvalue weighted by atomic mass is 10.2. The summed E-state index contributed by atoms with van der Waals surface area (Å²) in [5.74, 6) is 0.842. The van der Waals surface area contributed by atoms with Gasteiger partial charge in [0.15, 0.2) is 23.1 Å². The number of benzene rings is 3. The highest BCUT2D eigenvalue weighted by Gasteiger charge is 2.15. The first-order valence-electron chi connectivity index (χ1n) is 8.76. The molecule has 5 nitrogen and oxygen atoms in total. The highest BCUT2D eigenvalue weighted by Crippen LogP contribution is 2.37. The number of fused-ring (bicyclic) bond motifs is 1. The van der Waals surface area contributed by atoms with Crippen LogP contribution in [-0.2, 0) is 6.61 Å². The second-order valence-electron chi connectivity index (χ2n) is 6.15. The molecule has 0 fully saturated rings. The minimum Gasteiger partial charge on any atom is -0.493 e. The van der Waals surface area contributed by atoms with Gasteiger partial charge in [0.05, 0.1) is 18.0 Å². The molecule has 0 radical (unpaired) electrons. The average molecular weight is 455 g/mol. The second kappa shape index (κ2) is 8.45. The zero-order valence-electron chi connectivity index (χ0n) is 15.4. The van der Waals surface area contributed by atoms with Crippen molar-refractivity contribution in [2.24, 2.45) is 0 Å². The minimum absolute atomic E-state index is 0.0663. The Kier molecular flexibility index (Phi) is 5.57. The van der Waals surface area contributed by atoms with Crippen molar-refractivity contribution in [3.63, 3.8) is 0 Å². The van der Waals surface area contributed by atoms with Gasteiger partial charge in [-0.2, -0.15) is 0 Å². The zero-order chi connectivity index (χ0) is 20.2. The first kappa shape index (κ1) is 19.1. The van der Waals surface area contributed by atoms with Gasteiger partial charge in [0.25, 0.3) is 0 Å². The number of ether oxygens (including phenoxy) is 3. The average Bonchev–Trinajstić information content (AvgIpc) is 2.74. The normalized spacial score (nSPS) is 10.7. The van der Waals surface area contributed by atoms with E-state index in [9.17, 15) is 4.39 Å². The Hall–Kier alpha value is -3.19. The van der Waals surface area contributed by atoms with Crippen molar-refractivity contribution in [2.45, 2.75) is 6.61 Å². The molecule has 0 N–H and O–H groups in total. The minimum atomic E-state index is -0.499. The molecule has 0 saturated heterocycles. The Labute approximate surface area is 175 Å². The van der Waals surface area contributed by atoms with Gasteiger partial charge < -0.3 is 14.2 Å². The van der Waals surface area contributed by atoms with E-state index in [0.717, 1.165) is 5.56 Å². The Bertz CT molecular complexity index is 1160. The number of rotatable bonds is 6. The summed E-state index contributed by atoms with van der Waals surface area (Å²) in [7, 11) is 1.55. The second-order valence-corrected chi connectivity index (χ2v) is 7.07. The maximum atomic E-state index is 14.2. The first-order valence-corrected chi connectivity index (χ1v) is 9.55.